The molecule has 1 heterocycles. The lowest BCUT2D eigenvalue weighted by molar-refractivity contribution is 0.626. The van der Waals surface area contributed by atoms with Crippen LogP contribution in [0.2, 0.25) is 0 Å². The fraction of sp³-hybridized carbons (Fsp3) is 0. The second-order valence-electron chi connectivity index (χ2n) is 2.94. The minimum absolute atomic E-state index is 0.257. The molecule has 1 aromatic heterocycles. The van der Waals surface area contributed by atoms with Crippen LogP contribution in [-0.2, 0) is 0 Å². The highest BCUT2D eigenvalue weighted by Gasteiger charge is 2.01. The Balaban J connectivity index is 2.16. The highest BCUT2D eigenvalue weighted by Crippen LogP contribution is 2.25. The monoisotopic (exact) mass is 236 g/mol. The molecule has 6 heteroatoms. The van der Waals surface area contributed by atoms with Crippen LogP contribution in [0.5, 0.6) is 0 Å². The third-order valence-electron chi connectivity index (χ3n) is 1.80. The number of nitrogens with one attached hydrogen (secondary N) is 1. The summed E-state index contributed by atoms with van der Waals surface area (Å²) in [4.78, 5) is 9.04. The van der Waals surface area contributed by atoms with Gasteiger partial charge in [0, 0.05) is 4.90 Å². The van der Waals surface area contributed by atoms with Gasteiger partial charge >= 0.3 is 0 Å². The third kappa shape index (κ3) is 2.68. The van der Waals surface area contributed by atoms with Gasteiger partial charge < -0.3 is 5.43 Å². The number of halogens is 1. The van der Waals surface area contributed by atoms with Crippen molar-refractivity contribution in [2.75, 3.05) is 5.43 Å². The molecule has 0 fully saturated rings. The number of anilines is 1. The number of hydrazine groups is 1. The Morgan fingerprint density at radius 3 is 2.62 bits per heavy atom. The summed E-state index contributed by atoms with van der Waals surface area (Å²) >= 11 is 1.39. The quantitative estimate of drug-likeness (QED) is 0.630. The van der Waals surface area contributed by atoms with Gasteiger partial charge in [-0.15, -0.1) is 0 Å². The zero-order valence-corrected chi connectivity index (χ0v) is 9.04. The first-order chi connectivity index (χ1) is 7.78. The maximum atomic E-state index is 12.7. The Bertz CT molecular complexity index is 475. The lowest BCUT2D eigenvalue weighted by atomic mass is 10.4. The molecular weight excluding hydrogens is 227 g/mol. The first-order valence-electron chi connectivity index (χ1n) is 4.50. The highest BCUT2D eigenvalue weighted by molar-refractivity contribution is 7.99. The van der Waals surface area contributed by atoms with E-state index >= 15 is 0 Å². The molecule has 0 saturated heterocycles. The molecule has 0 bridgehead atoms. The molecule has 0 atom stereocenters. The molecular formula is C10H9FN4S. The van der Waals surface area contributed by atoms with Crippen molar-refractivity contribution in [3.05, 3.63) is 42.5 Å². The van der Waals surface area contributed by atoms with Gasteiger partial charge in [0.2, 0.25) is 0 Å². The van der Waals surface area contributed by atoms with E-state index in [0.29, 0.717) is 10.8 Å². The van der Waals surface area contributed by atoms with E-state index in [1.165, 1.54) is 30.1 Å². The fourth-order valence-corrected chi connectivity index (χ4v) is 1.86. The van der Waals surface area contributed by atoms with Gasteiger partial charge in [-0.25, -0.2) is 15.2 Å². The number of nitrogen functional groups attached to an aromatic ring is 1. The largest absolute Gasteiger partial charge is 0.307 e. The van der Waals surface area contributed by atoms with E-state index in [1.807, 2.05) is 0 Å². The van der Waals surface area contributed by atoms with Gasteiger partial charge in [0.1, 0.15) is 10.8 Å². The molecule has 1 aromatic carbocycles. The summed E-state index contributed by atoms with van der Waals surface area (Å²) in [7, 11) is 0. The normalized spacial score (nSPS) is 10.1. The van der Waals surface area contributed by atoms with E-state index in [2.05, 4.69) is 15.4 Å². The van der Waals surface area contributed by atoms with E-state index in [0.717, 1.165) is 4.90 Å². The van der Waals surface area contributed by atoms with E-state index < -0.39 is 0 Å². The van der Waals surface area contributed by atoms with Crippen molar-refractivity contribution in [1.29, 1.82) is 0 Å². The van der Waals surface area contributed by atoms with E-state index in [-0.39, 0.29) is 5.82 Å². The summed E-state index contributed by atoms with van der Waals surface area (Å²) in [5.41, 5.74) is 2.42. The van der Waals surface area contributed by atoms with E-state index in [1.54, 1.807) is 18.3 Å². The zero-order chi connectivity index (χ0) is 11.4. The van der Waals surface area contributed by atoms with Gasteiger partial charge in [0.05, 0.1) is 12.4 Å². The fourth-order valence-electron chi connectivity index (χ4n) is 1.09. The Morgan fingerprint density at radius 2 is 1.94 bits per heavy atom. The van der Waals surface area contributed by atoms with E-state index in [4.69, 9.17) is 5.84 Å². The van der Waals surface area contributed by atoms with Crippen LogP contribution in [0.25, 0.3) is 0 Å². The molecule has 0 unspecified atom stereocenters. The lowest BCUT2D eigenvalue weighted by Crippen LogP contribution is -2.08. The smallest absolute Gasteiger partial charge is 0.159 e. The molecule has 0 radical (unpaired) electrons. The Kier molecular flexibility index (Phi) is 3.33. The molecule has 4 nitrogen and oxygen atoms in total. The van der Waals surface area contributed by atoms with Crippen LogP contribution in [0, 0.1) is 5.82 Å². The highest BCUT2D eigenvalue weighted by atomic mass is 32.2. The van der Waals surface area contributed by atoms with Gasteiger partial charge in [-0.3, -0.25) is 4.98 Å². The topological polar surface area (TPSA) is 63.8 Å². The number of rotatable bonds is 3. The van der Waals surface area contributed by atoms with Crippen LogP contribution in [0.1, 0.15) is 0 Å². The van der Waals surface area contributed by atoms with Gasteiger partial charge in [0.15, 0.2) is 5.82 Å². The molecule has 2 rings (SSSR count). The maximum absolute atomic E-state index is 12.7. The molecule has 16 heavy (non-hydrogen) atoms. The van der Waals surface area contributed by atoms with Gasteiger partial charge in [-0.05, 0) is 24.3 Å². The zero-order valence-electron chi connectivity index (χ0n) is 8.22. The molecule has 3 N–H and O–H groups in total. The molecule has 0 aliphatic heterocycles. The van der Waals surface area contributed by atoms with Gasteiger partial charge in [0.25, 0.3) is 0 Å². The van der Waals surface area contributed by atoms with Crippen molar-refractivity contribution >= 4 is 17.6 Å². The van der Waals surface area contributed by atoms with Crippen molar-refractivity contribution in [2.24, 2.45) is 5.84 Å². The number of nitrogens with two attached hydrogens (primary N) is 1. The van der Waals surface area contributed by atoms with Crippen molar-refractivity contribution < 1.29 is 4.39 Å². The maximum Gasteiger partial charge on any atom is 0.159 e. The van der Waals surface area contributed by atoms with Crippen molar-refractivity contribution in [3.8, 4) is 0 Å². The van der Waals surface area contributed by atoms with Crippen LogP contribution < -0.4 is 11.3 Å². The number of hydrogen-bond acceptors (Lipinski definition) is 5. The predicted octanol–water partition coefficient (Wildman–Crippen LogP) is 2.05. The standard InChI is InChI=1S/C10H9FN4S/c11-7-1-3-8(4-2-7)16-10-6-13-5-9(14-10)15-12/h1-6H,12H2,(H,14,15). The molecule has 0 aliphatic carbocycles. The van der Waals surface area contributed by atoms with Crippen molar-refractivity contribution in [2.45, 2.75) is 9.92 Å². The second-order valence-corrected chi connectivity index (χ2v) is 4.04. The average Bonchev–Trinajstić information content (AvgIpc) is 2.32. The molecule has 0 spiro atoms. The predicted molar refractivity (Wildman–Crippen MR) is 60.4 cm³/mol. The Labute approximate surface area is 96.1 Å². The SMILES string of the molecule is NNc1cncc(Sc2ccc(F)cc2)n1. The Hall–Kier alpha value is -1.66. The van der Waals surface area contributed by atoms with Crippen molar-refractivity contribution in [3.63, 3.8) is 0 Å². The van der Waals surface area contributed by atoms with Crippen LogP contribution in [0.4, 0.5) is 10.2 Å². The minimum atomic E-state index is -0.257. The third-order valence-corrected chi connectivity index (χ3v) is 2.71. The lowest BCUT2D eigenvalue weighted by Gasteiger charge is -2.02. The van der Waals surface area contributed by atoms with Crippen LogP contribution in [-0.4, -0.2) is 9.97 Å². The number of aromatic nitrogens is 2. The summed E-state index contributed by atoms with van der Waals surface area (Å²) in [5, 5.41) is 0.696. The summed E-state index contributed by atoms with van der Waals surface area (Å²) in [6.45, 7) is 0. The number of nitrogens with zero attached hydrogens (tertiary/aromatic N) is 2. The molecule has 0 saturated carbocycles. The molecule has 2 aromatic rings. The van der Waals surface area contributed by atoms with Crippen molar-refractivity contribution in [1.82, 2.24) is 9.97 Å². The first-order valence-corrected chi connectivity index (χ1v) is 5.31. The Morgan fingerprint density at radius 1 is 1.19 bits per heavy atom. The molecule has 0 aliphatic rings. The summed E-state index contributed by atoms with van der Waals surface area (Å²) in [5.74, 6) is 5.46. The summed E-state index contributed by atoms with van der Waals surface area (Å²) in [6, 6.07) is 6.18. The van der Waals surface area contributed by atoms with Gasteiger partial charge in [-0.2, -0.15) is 0 Å². The molecule has 0 amide bonds. The summed E-state index contributed by atoms with van der Waals surface area (Å²) < 4.78 is 12.7. The van der Waals surface area contributed by atoms with Gasteiger partial charge in [-0.1, -0.05) is 11.8 Å². The van der Waals surface area contributed by atoms with Crippen LogP contribution in [0.15, 0.2) is 46.6 Å². The number of hydrogen-bond donors (Lipinski definition) is 2. The molecule has 82 valence electrons. The van der Waals surface area contributed by atoms with Crippen LogP contribution in [0.3, 0.4) is 0 Å². The number of benzene rings is 1. The van der Waals surface area contributed by atoms with Crippen LogP contribution >= 0.6 is 11.8 Å². The summed E-state index contributed by atoms with van der Waals surface area (Å²) in [6.07, 6.45) is 3.14. The second kappa shape index (κ2) is 4.91. The first kappa shape index (κ1) is 10.8. The average molecular weight is 236 g/mol. The minimum Gasteiger partial charge on any atom is -0.307 e. The van der Waals surface area contributed by atoms with E-state index in [9.17, 15) is 4.39 Å².